The van der Waals surface area contributed by atoms with E-state index in [1.165, 1.54) is 0 Å². The molecule has 0 spiro atoms. The van der Waals surface area contributed by atoms with Gasteiger partial charge in [-0.25, -0.2) is 4.98 Å². The summed E-state index contributed by atoms with van der Waals surface area (Å²) in [6.07, 6.45) is 5.12. The molecular formula is C12H20N2O2. The maximum Gasteiger partial charge on any atom is 0.229 e. The lowest BCUT2D eigenvalue weighted by Gasteiger charge is -2.24. The molecule has 0 radical (unpaired) electrons. The molecular weight excluding hydrogens is 204 g/mol. The summed E-state index contributed by atoms with van der Waals surface area (Å²) in [7, 11) is 1.56. The van der Waals surface area contributed by atoms with Crippen molar-refractivity contribution < 1.29 is 9.53 Å². The molecule has 16 heavy (non-hydrogen) atoms. The lowest BCUT2D eigenvalue weighted by Crippen LogP contribution is -2.38. The lowest BCUT2D eigenvalue weighted by molar-refractivity contribution is 0.00934. The second-order valence-corrected chi connectivity index (χ2v) is 4.06. The van der Waals surface area contributed by atoms with Crippen LogP contribution in [0.3, 0.4) is 0 Å². The molecule has 1 unspecified atom stereocenters. The van der Waals surface area contributed by atoms with Crippen LogP contribution in [0.2, 0.25) is 0 Å². The number of hydrogen-bond donors (Lipinski definition) is 0. The van der Waals surface area contributed by atoms with Gasteiger partial charge in [-0.05, 0) is 19.8 Å². The number of ketones is 1. The topological polar surface area (TPSA) is 44.1 Å². The first-order valence-corrected chi connectivity index (χ1v) is 5.70. The maximum absolute atomic E-state index is 12.3. The van der Waals surface area contributed by atoms with Gasteiger partial charge in [0.05, 0.1) is 0 Å². The average Bonchev–Trinajstić information content (AvgIpc) is 2.75. The highest BCUT2D eigenvalue weighted by molar-refractivity contribution is 5.99. The summed E-state index contributed by atoms with van der Waals surface area (Å²) < 4.78 is 7.19. The molecule has 0 aliphatic heterocycles. The largest absolute Gasteiger partial charge is 0.370 e. The van der Waals surface area contributed by atoms with Crippen molar-refractivity contribution in [2.75, 3.05) is 7.11 Å². The lowest BCUT2D eigenvalue weighted by atomic mass is 9.97. The Morgan fingerprint density at radius 1 is 1.56 bits per heavy atom. The van der Waals surface area contributed by atoms with Crippen molar-refractivity contribution in [2.45, 2.75) is 45.8 Å². The highest BCUT2D eigenvalue weighted by atomic mass is 16.5. The van der Waals surface area contributed by atoms with Gasteiger partial charge in [0.2, 0.25) is 5.78 Å². The molecule has 0 saturated carbocycles. The van der Waals surface area contributed by atoms with Gasteiger partial charge >= 0.3 is 0 Å². The van der Waals surface area contributed by atoms with Crippen molar-refractivity contribution in [3.8, 4) is 0 Å². The Labute approximate surface area is 96.6 Å². The first-order chi connectivity index (χ1) is 7.59. The van der Waals surface area contributed by atoms with Crippen molar-refractivity contribution in [1.82, 2.24) is 9.55 Å². The van der Waals surface area contributed by atoms with Crippen molar-refractivity contribution in [3.05, 3.63) is 18.2 Å². The van der Waals surface area contributed by atoms with Crippen LogP contribution < -0.4 is 0 Å². The van der Waals surface area contributed by atoms with E-state index in [2.05, 4.69) is 11.9 Å². The molecule has 0 amide bonds. The Bertz CT molecular complexity index is 354. The standard InChI is InChI=1S/C12H20N2O2/c1-5-8-14-9-7-13-11(14)10(15)12(3,6-2)16-4/h7,9H,5-6,8H2,1-4H3. The van der Waals surface area contributed by atoms with Crippen molar-refractivity contribution in [3.63, 3.8) is 0 Å². The number of carbonyl (C=O) groups excluding carboxylic acids is 1. The maximum atomic E-state index is 12.3. The van der Waals surface area contributed by atoms with Crippen molar-refractivity contribution >= 4 is 5.78 Å². The molecule has 0 aromatic carbocycles. The quantitative estimate of drug-likeness (QED) is 0.696. The van der Waals surface area contributed by atoms with Gasteiger partial charge in [-0.15, -0.1) is 0 Å². The minimum absolute atomic E-state index is 0.0454. The molecule has 4 heteroatoms. The summed E-state index contributed by atoms with van der Waals surface area (Å²) in [5, 5.41) is 0. The molecule has 0 saturated heterocycles. The Balaban J connectivity index is 2.99. The molecule has 0 bridgehead atoms. The first-order valence-electron chi connectivity index (χ1n) is 5.70. The van der Waals surface area contributed by atoms with E-state index < -0.39 is 5.60 Å². The summed E-state index contributed by atoms with van der Waals surface area (Å²) in [6.45, 7) is 6.63. The van der Waals surface area contributed by atoms with E-state index in [-0.39, 0.29) is 5.78 Å². The van der Waals surface area contributed by atoms with Gasteiger partial charge in [-0.2, -0.15) is 0 Å². The normalized spacial score (nSPS) is 14.8. The number of rotatable bonds is 6. The number of methoxy groups -OCH3 is 1. The molecule has 90 valence electrons. The van der Waals surface area contributed by atoms with E-state index >= 15 is 0 Å². The molecule has 0 fully saturated rings. The molecule has 1 atom stereocenters. The molecule has 0 aliphatic rings. The highest BCUT2D eigenvalue weighted by Gasteiger charge is 2.34. The van der Waals surface area contributed by atoms with Crippen LogP contribution in [0.1, 0.15) is 44.2 Å². The predicted octanol–water partition coefficient (Wildman–Crippen LogP) is 2.29. The summed E-state index contributed by atoms with van der Waals surface area (Å²) in [6, 6.07) is 0. The zero-order valence-electron chi connectivity index (χ0n) is 10.5. The second-order valence-electron chi connectivity index (χ2n) is 4.06. The Kier molecular flexibility index (Phi) is 4.24. The van der Waals surface area contributed by atoms with Gasteiger partial charge in [0.25, 0.3) is 0 Å². The monoisotopic (exact) mass is 224 g/mol. The van der Waals surface area contributed by atoms with Gasteiger partial charge in [0.1, 0.15) is 5.60 Å². The summed E-state index contributed by atoms with van der Waals surface area (Å²) in [4.78, 5) is 16.4. The smallest absolute Gasteiger partial charge is 0.229 e. The Morgan fingerprint density at radius 3 is 2.75 bits per heavy atom. The van der Waals surface area contributed by atoms with Crippen LogP contribution in [0.15, 0.2) is 12.4 Å². The molecule has 1 rings (SSSR count). The molecule has 1 heterocycles. The average molecular weight is 224 g/mol. The summed E-state index contributed by atoms with van der Waals surface area (Å²) in [5.41, 5.74) is -0.767. The van der Waals surface area contributed by atoms with E-state index in [4.69, 9.17) is 4.74 Å². The number of carbonyl (C=O) groups is 1. The zero-order valence-corrected chi connectivity index (χ0v) is 10.5. The van der Waals surface area contributed by atoms with Crippen LogP contribution in [-0.4, -0.2) is 28.0 Å². The number of Topliss-reactive ketones (excluding diaryl/α,β-unsaturated/α-hetero) is 1. The molecule has 1 aromatic heterocycles. The van der Waals surface area contributed by atoms with Gasteiger partial charge in [0, 0.05) is 26.0 Å². The van der Waals surface area contributed by atoms with E-state index in [0.29, 0.717) is 12.2 Å². The minimum atomic E-state index is -0.767. The van der Waals surface area contributed by atoms with E-state index in [1.54, 1.807) is 20.2 Å². The summed E-state index contributed by atoms with van der Waals surface area (Å²) >= 11 is 0. The molecule has 0 aliphatic carbocycles. The number of imidazole rings is 1. The van der Waals surface area contributed by atoms with Gasteiger partial charge < -0.3 is 9.30 Å². The van der Waals surface area contributed by atoms with Crippen molar-refractivity contribution in [2.24, 2.45) is 0 Å². The van der Waals surface area contributed by atoms with E-state index in [9.17, 15) is 4.79 Å². The number of aromatic nitrogens is 2. The fraction of sp³-hybridized carbons (Fsp3) is 0.667. The van der Waals surface area contributed by atoms with Crippen LogP contribution in [0.25, 0.3) is 0 Å². The third-order valence-electron chi connectivity index (χ3n) is 2.99. The third-order valence-corrected chi connectivity index (χ3v) is 2.99. The van der Waals surface area contributed by atoms with Crippen molar-refractivity contribution in [1.29, 1.82) is 0 Å². The molecule has 4 nitrogen and oxygen atoms in total. The fourth-order valence-corrected chi connectivity index (χ4v) is 1.57. The van der Waals surface area contributed by atoms with E-state index in [1.807, 2.05) is 17.7 Å². The van der Waals surface area contributed by atoms with Gasteiger partial charge in [-0.1, -0.05) is 13.8 Å². The summed E-state index contributed by atoms with van der Waals surface area (Å²) in [5.74, 6) is 0.448. The fourth-order valence-electron chi connectivity index (χ4n) is 1.57. The number of nitrogens with zero attached hydrogens (tertiary/aromatic N) is 2. The van der Waals surface area contributed by atoms with Crippen LogP contribution in [0.4, 0.5) is 0 Å². The predicted molar refractivity (Wildman–Crippen MR) is 62.6 cm³/mol. The number of hydrogen-bond acceptors (Lipinski definition) is 3. The number of aryl methyl sites for hydroxylation is 1. The third kappa shape index (κ3) is 2.32. The second kappa shape index (κ2) is 5.25. The van der Waals surface area contributed by atoms with Crippen LogP contribution in [-0.2, 0) is 11.3 Å². The van der Waals surface area contributed by atoms with E-state index in [0.717, 1.165) is 13.0 Å². The minimum Gasteiger partial charge on any atom is -0.370 e. The molecule has 0 N–H and O–H groups in total. The van der Waals surface area contributed by atoms with Crippen LogP contribution in [0.5, 0.6) is 0 Å². The van der Waals surface area contributed by atoms with Crippen LogP contribution >= 0.6 is 0 Å². The van der Waals surface area contributed by atoms with Gasteiger partial charge in [0.15, 0.2) is 5.82 Å². The number of ether oxygens (including phenoxy) is 1. The Hall–Kier alpha value is -1.16. The Morgan fingerprint density at radius 2 is 2.25 bits per heavy atom. The molecule has 1 aromatic rings. The first kappa shape index (κ1) is 12.9. The highest BCUT2D eigenvalue weighted by Crippen LogP contribution is 2.19. The zero-order chi connectivity index (χ0) is 12.2. The SMILES string of the molecule is CCCn1ccnc1C(=O)C(C)(CC)OC. The van der Waals surface area contributed by atoms with Gasteiger partial charge in [-0.3, -0.25) is 4.79 Å². The van der Waals surface area contributed by atoms with Crippen LogP contribution in [0, 0.1) is 0 Å².